The summed E-state index contributed by atoms with van der Waals surface area (Å²) in [6, 6.07) is 13.3. The van der Waals surface area contributed by atoms with Crippen molar-refractivity contribution in [1.29, 1.82) is 5.26 Å². The number of benzene rings is 2. The molecule has 7 heteroatoms. The summed E-state index contributed by atoms with van der Waals surface area (Å²) >= 11 is 0. The molecule has 0 radical (unpaired) electrons. The predicted molar refractivity (Wildman–Crippen MR) is 137 cm³/mol. The van der Waals surface area contributed by atoms with E-state index in [1.165, 1.54) is 0 Å². The Balaban J connectivity index is 1.54. The molecule has 4 rings (SSSR count). The van der Waals surface area contributed by atoms with Crippen molar-refractivity contribution >= 4 is 23.1 Å². The van der Waals surface area contributed by atoms with Gasteiger partial charge in [-0.1, -0.05) is 30.9 Å². The number of fused-ring (bicyclic) bond motifs is 2. The maximum Gasteiger partial charge on any atom is 0.303 e. The zero-order valence-electron chi connectivity index (χ0n) is 20.4. The third-order valence-electron chi connectivity index (χ3n) is 7.00. The van der Waals surface area contributed by atoms with Crippen LogP contribution in [-0.2, 0) is 26.2 Å². The molecule has 1 fully saturated rings. The van der Waals surface area contributed by atoms with Crippen LogP contribution in [0.4, 0.5) is 5.69 Å². The second-order valence-electron chi connectivity index (χ2n) is 9.33. The predicted octanol–water partition coefficient (Wildman–Crippen LogP) is 4.86. The molecule has 36 heavy (non-hydrogen) atoms. The number of amides is 1. The summed E-state index contributed by atoms with van der Waals surface area (Å²) in [6.07, 6.45) is 6.30. The van der Waals surface area contributed by atoms with Crippen molar-refractivity contribution in [3.8, 4) is 11.8 Å². The number of allylic oxidation sites excluding steroid dienone is 2. The number of nitriles is 1. The minimum Gasteiger partial charge on any atom is -0.493 e. The van der Waals surface area contributed by atoms with Crippen LogP contribution in [0.25, 0.3) is 5.57 Å². The number of rotatable bonds is 10. The summed E-state index contributed by atoms with van der Waals surface area (Å²) in [7, 11) is 1.64. The zero-order valence-corrected chi connectivity index (χ0v) is 20.4. The van der Waals surface area contributed by atoms with Crippen molar-refractivity contribution in [2.45, 2.75) is 37.5 Å². The second-order valence-corrected chi connectivity index (χ2v) is 9.33. The average Bonchev–Trinajstić information content (AvgIpc) is 3.59. The molecule has 1 spiro atoms. The van der Waals surface area contributed by atoms with Gasteiger partial charge in [-0.15, -0.1) is 0 Å². The Hall–Kier alpha value is -3.89. The molecule has 0 saturated heterocycles. The summed E-state index contributed by atoms with van der Waals surface area (Å²) < 4.78 is 11.0. The first kappa shape index (κ1) is 25.2. The van der Waals surface area contributed by atoms with Crippen molar-refractivity contribution in [1.82, 2.24) is 0 Å². The summed E-state index contributed by atoms with van der Waals surface area (Å²) in [5, 5.41) is 21.3. The van der Waals surface area contributed by atoms with Crippen LogP contribution in [0.3, 0.4) is 0 Å². The number of carboxylic acids is 1. The fraction of sp³-hybridized carbons (Fsp3) is 0.345. The molecule has 2 unspecified atom stereocenters. The second kappa shape index (κ2) is 10.8. The Kier molecular flexibility index (Phi) is 7.56. The number of carbonyl (C=O) groups is 2. The molecule has 1 saturated carbocycles. The molecule has 2 N–H and O–H groups in total. The molecule has 1 heterocycles. The quantitative estimate of drug-likeness (QED) is 0.464. The summed E-state index contributed by atoms with van der Waals surface area (Å²) in [4.78, 5) is 24.3. The van der Waals surface area contributed by atoms with Gasteiger partial charge < -0.3 is 19.9 Å². The van der Waals surface area contributed by atoms with Crippen LogP contribution < -0.4 is 10.1 Å². The van der Waals surface area contributed by atoms with Gasteiger partial charge in [-0.3, -0.25) is 9.59 Å². The number of ether oxygens (including phenoxy) is 2. The van der Waals surface area contributed by atoms with Gasteiger partial charge in [0.15, 0.2) is 0 Å². The molecule has 7 nitrogen and oxygen atoms in total. The minimum atomic E-state index is -0.858. The molecular formula is C29H30N2O5. The van der Waals surface area contributed by atoms with Crippen LogP contribution in [0.1, 0.15) is 47.9 Å². The normalized spacial score (nSPS) is 19.8. The van der Waals surface area contributed by atoms with Gasteiger partial charge in [0, 0.05) is 36.1 Å². The molecule has 186 valence electrons. The first-order valence-electron chi connectivity index (χ1n) is 12.1. The van der Waals surface area contributed by atoms with Gasteiger partial charge in [-0.25, -0.2) is 0 Å². The van der Waals surface area contributed by atoms with Gasteiger partial charge in [0.1, 0.15) is 5.75 Å². The number of nitrogens with one attached hydrogen (secondary N) is 1. The van der Waals surface area contributed by atoms with Gasteiger partial charge in [-0.2, -0.15) is 5.26 Å². The monoisotopic (exact) mass is 486 g/mol. The number of nitrogens with zero attached hydrogens (tertiary/aromatic N) is 1. The third-order valence-corrected chi connectivity index (χ3v) is 7.00. The van der Waals surface area contributed by atoms with E-state index in [4.69, 9.17) is 14.6 Å². The lowest BCUT2D eigenvalue weighted by molar-refractivity contribution is -0.137. The molecule has 2 atom stereocenters. The molecule has 2 aliphatic rings. The van der Waals surface area contributed by atoms with Gasteiger partial charge in [0.25, 0.3) is 0 Å². The number of hydrogen-bond acceptors (Lipinski definition) is 5. The Morgan fingerprint density at radius 2 is 2.17 bits per heavy atom. The summed E-state index contributed by atoms with van der Waals surface area (Å²) in [5.74, 6) is -0.370. The van der Waals surface area contributed by atoms with Crippen molar-refractivity contribution in [2.24, 2.45) is 5.92 Å². The maximum atomic E-state index is 13.4. The van der Waals surface area contributed by atoms with E-state index < -0.39 is 5.97 Å². The Morgan fingerprint density at radius 3 is 2.92 bits per heavy atom. The smallest absolute Gasteiger partial charge is 0.303 e. The van der Waals surface area contributed by atoms with Crippen LogP contribution >= 0.6 is 0 Å². The van der Waals surface area contributed by atoms with E-state index in [2.05, 4.69) is 24.0 Å². The Bertz CT molecular complexity index is 1260. The fourth-order valence-electron chi connectivity index (χ4n) is 4.96. The highest BCUT2D eigenvalue weighted by Crippen LogP contribution is 2.61. The SMILES string of the molecule is C=C(/C=C\COC)c1ccc2c(c1)C1(CCO2)CC1C(=O)Nc1cc(C#N)ccc1CCCC(=O)O. The Morgan fingerprint density at radius 1 is 1.33 bits per heavy atom. The zero-order chi connectivity index (χ0) is 25.7. The molecule has 2 aromatic rings. The standard InChI is InChI=1S/C29H30N2O5/c1-19(5-4-13-35-2)22-10-11-26-23(16-22)29(12-14-36-26)17-24(29)28(34)31-25-15-20(18-30)8-9-21(25)6-3-7-27(32)33/h4-5,8-11,15-16,24H,1,3,6-7,12-14,17H2,2H3,(H,31,34)(H,32,33)/b5-4-. The lowest BCUT2D eigenvalue weighted by Gasteiger charge is -2.27. The number of aryl methyl sites for hydroxylation is 1. The number of aliphatic carboxylic acids is 1. The van der Waals surface area contributed by atoms with Crippen LogP contribution in [0.15, 0.2) is 55.1 Å². The highest BCUT2D eigenvalue weighted by Gasteiger charge is 2.61. The van der Waals surface area contributed by atoms with Crippen molar-refractivity contribution < 1.29 is 24.2 Å². The summed E-state index contributed by atoms with van der Waals surface area (Å²) in [5.41, 5.74) is 4.41. The number of carboxylic acid groups (broad SMARTS) is 1. The largest absolute Gasteiger partial charge is 0.493 e. The highest BCUT2D eigenvalue weighted by atomic mass is 16.5. The molecule has 1 amide bonds. The lowest BCUT2D eigenvalue weighted by Crippen LogP contribution is -2.27. The molecule has 1 aliphatic carbocycles. The fourth-order valence-corrected chi connectivity index (χ4v) is 4.96. The van der Waals surface area contributed by atoms with Gasteiger partial charge in [0.2, 0.25) is 5.91 Å². The number of hydrogen-bond donors (Lipinski definition) is 2. The van der Waals surface area contributed by atoms with Gasteiger partial charge in [-0.05, 0) is 66.6 Å². The first-order chi connectivity index (χ1) is 17.4. The van der Waals surface area contributed by atoms with Crippen molar-refractivity contribution in [3.63, 3.8) is 0 Å². The van der Waals surface area contributed by atoms with Gasteiger partial charge in [0.05, 0.1) is 24.8 Å². The van der Waals surface area contributed by atoms with Crippen LogP contribution in [0, 0.1) is 17.2 Å². The van der Waals surface area contributed by atoms with Crippen molar-refractivity contribution in [2.75, 3.05) is 25.6 Å². The van der Waals surface area contributed by atoms with Crippen molar-refractivity contribution in [3.05, 3.63) is 77.4 Å². The van der Waals surface area contributed by atoms with Crippen LogP contribution in [-0.4, -0.2) is 37.3 Å². The van der Waals surface area contributed by atoms with E-state index in [9.17, 15) is 14.9 Å². The van der Waals surface area contributed by atoms with E-state index in [1.807, 2.05) is 24.3 Å². The minimum absolute atomic E-state index is 0.0458. The van der Waals surface area contributed by atoms with Crippen LogP contribution in [0.2, 0.25) is 0 Å². The molecule has 2 aromatic carbocycles. The van der Waals surface area contributed by atoms with E-state index in [-0.39, 0.29) is 23.7 Å². The number of anilines is 1. The topological polar surface area (TPSA) is 109 Å². The first-order valence-corrected chi connectivity index (χ1v) is 12.1. The van der Waals surface area contributed by atoms with Gasteiger partial charge >= 0.3 is 5.97 Å². The van der Waals surface area contributed by atoms with E-state index in [1.54, 1.807) is 25.3 Å². The third kappa shape index (κ3) is 5.34. The molecule has 1 aliphatic heterocycles. The van der Waals surface area contributed by atoms with E-state index >= 15 is 0 Å². The summed E-state index contributed by atoms with van der Waals surface area (Å²) in [6.45, 7) is 5.21. The molecular weight excluding hydrogens is 456 g/mol. The average molecular weight is 487 g/mol. The Labute approximate surface area is 211 Å². The van der Waals surface area contributed by atoms with E-state index in [0.717, 1.165) is 40.9 Å². The van der Waals surface area contributed by atoms with Crippen LogP contribution in [0.5, 0.6) is 5.75 Å². The highest BCUT2D eigenvalue weighted by molar-refractivity contribution is 5.97. The number of methoxy groups -OCH3 is 1. The maximum absolute atomic E-state index is 13.4. The van der Waals surface area contributed by atoms with E-state index in [0.29, 0.717) is 37.3 Å². The molecule has 0 aromatic heterocycles. The number of carbonyl (C=O) groups excluding carboxylic acids is 1. The lowest BCUT2D eigenvalue weighted by atomic mass is 9.85. The molecule has 0 bridgehead atoms.